The minimum absolute atomic E-state index is 0.548. The number of nitrogens with one attached hydrogen (secondary N) is 1. The highest BCUT2D eigenvalue weighted by atomic mass is 16.5. The maximum atomic E-state index is 5.89. The summed E-state index contributed by atoms with van der Waals surface area (Å²) in [6, 6.07) is 0.864. The van der Waals surface area contributed by atoms with Crippen LogP contribution in [0.2, 0.25) is 0 Å². The number of hydrogen-bond donors (Lipinski definition) is 1. The second-order valence-corrected chi connectivity index (χ2v) is 6.87. The van der Waals surface area contributed by atoms with Crippen LogP contribution in [0, 0.1) is 11.8 Å². The number of ether oxygens (including phenoxy) is 1. The first kappa shape index (κ1) is 11.7. The summed E-state index contributed by atoms with van der Waals surface area (Å²) < 4.78 is 5.89. The number of likely N-dealkylation sites (tertiary alicyclic amines) is 1. The molecule has 2 atom stereocenters. The van der Waals surface area contributed by atoms with Gasteiger partial charge in [0.05, 0.1) is 12.2 Å². The number of morpholine rings is 1. The van der Waals surface area contributed by atoms with Crippen LogP contribution in [0.3, 0.4) is 0 Å². The third kappa shape index (κ3) is 2.59. The van der Waals surface area contributed by atoms with E-state index in [1.807, 2.05) is 0 Å². The van der Waals surface area contributed by atoms with Crippen LogP contribution in [0.5, 0.6) is 0 Å². The normalized spacial score (nSPS) is 36.5. The highest BCUT2D eigenvalue weighted by Gasteiger charge is 2.41. The predicted molar refractivity (Wildman–Crippen MR) is 71.6 cm³/mol. The zero-order valence-electron chi connectivity index (χ0n) is 11.3. The maximum Gasteiger partial charge on any atom is 0.0707 e. The number of nitrogens with zero attached hydrogens (tertiary/aromatic N) is 1. The van der Waals surface area contributed by atoms with Gasteiger partial charge in [-0.15, -0.1) is 0 Å². The van der Waals surface area contributed by atoms with Crippen LogP contribution in [-0.4, -0.2) is 49.3 Å². The molecule has 4 fully saturated rings. The van der Waals surface area contributed by atoms with Gasteiger partial charge < -0.3 is 10.1 Å². The summed E-state index contributed by atoms with van der Waals surface area (Å²) in [6.07, 6.45) is 9.61. The first-order valence-corrected chi connectivity index (χ1v) is 7.99. The van der Waals surface area contributed by atoms with E-state index in [1.54, 1.807) is 0 Å². The van der Waals surface area contributed by atoms with E-state index in [4.69, 9.17) is 4.74 Å². The van der Waals surface area contributed by atoms with Gasteiger partial charge in [0.15, 0.2) is 0 Å². The largest absolute Gasteiger partial charge is 0.372 e. The fourth-order valence-corrected chi connectivity index (χ4v) is 3.90. The number of fused-ring (bicyclic) bond motifs is 2. The lowest BCUT2D eigenvalue weighted by atomic mass is 10.1. The molecule has 4 rings (SSSR count). The molecule has 2 aliphatic carbocycles. The fraction of sp³-hybridized carbons (Fsp3) is 1.00. The second kappa shape index (κ2) is 4.77. The van der Waals surface area contributed by atoms with E-state index in [1.165, 1.54) is 64.7 Å². The highest BCUT2D eigenvalue weighted by Crippen LogP contribution is 2.44. The summed E-state index contributed by atoms with van der Waals surface area (Å²) in [6.45, 7) is 4.77. The third-order valence-corrected chi connectivity index (χ3v) is 5.19. The zero-order chi connectivity index (χ0) is 11.9. The van der Waals surface area contributed by atoms with Gasteiger partial charge in [-0.1, -0.05) is 0 Å². The molecule has 0 spiro atoms. The van der Waals surface area contributed by atoms with Crippen molar-refractivity contribution in [1.29, 1.82) is 0 Å². The van der Waals surface area contributed by atoms with E-state index in [0.29, 0.717) is 12.2 Å². The van der Waals surface area contributed by atoms with Crippen LogP contribution >= 0.6 is 0 Å². The van der Waals surface area contributed by atoms with Gasteiger partial charge in [-0.25, -0.2) is 0 Å². The van der Waals surface area contributed by atoms with Crippen molar-refractivity contribution in [2.75, 3.05) is 26.2 Å². The Hall–Kier alpha value is -0.120. The summed E-state index contributed by atoms with van der Waals surface area (Å²) in [5.41, 5.74) is 0. The Morgan fingerprint density at radius 3 is 2.11 bits per heavy atom. The molecule has 0 aromatic carbocycles. The molecule has 2 saturated heterocycles. The van der Waals surface area contributed by atoms with Crippen LogP contribution in [0.25, 0.3) is 0 Å². The Morgan fingerprint density at radius 2 is 1.56 bits per heavy atom. The highest BCUT2D eigenvalue weighted by molar-refractivity contribution is 4.96. The molecule has 0 amide bonds. The van der Waals surface area contributed by atoms with Crippen LogP contribution in [0.1, 0.15) is 38.5 Å². The van der Waals surface area contributed by atoms with Crippen molar-refractivity contribution in [2.24, 2.45) is 11.8 Å². The molecule has 3 heteroatoms. The summed E-state index contributed by atoms with van der Waals surface area (Å²) in [5.74, 6) is 2.05. The van der Waals surface area contributed by atoms with Gasteiger partial charge in [-0.05, 0) is 50.4 Å². The first-order valence-electron chi connectivity index (χ1n) is 7.99. The number of hydrogen-bond acceptors (Lipinski definition) is 3. The van der Waals surface area contributed by atoms with Crippen molar-refractivity contribution in [3.05, 3.63) is 0 Å². The molecule has 2 saturated carbocycles. The lowest BCUT2D eigenvalue weighted by molar-refractivity contribution is -0.0378. The average molecular weight is 250 g/mol. The summed E-state index contributed by atoms with van der Waals surface area (Å²) in [4.78, 5) is 2.62. The van der Waals surface area contributed by atoms with Crippen LogP contribution in [0.15, 0.2) is 0 Å². The Balaban J connectivity index is 1.21. The molecule has 2 bridgehead atoms. The fourth-order valence-electron chi connectivity index (χ4n) is 3.90. The average Bonchev–Trinajstić information content (AvgIpc) is 3.25. The van der Waals surface area contributed by atoms with Crippen LogP contribution < -0.4 is 5.32 Å². The topological polar surface area (TPSA) is 24.5 Å². The van der Waals surface area contributed by atoms with E-state index in [-0.39, 0.29) is 0 Å². The van der Waals surface area contributed by atoms with Gasteiger partial charge in [-0.3, -0.25) is 4.90 Å². The molecule has 0 aromatic rings. The second-order valence-electron chi connectivity index (χ2n) is 6.87. The maximum absolute atomic E-state index is 5.89. The van der Waals surface area contributed by atoms with Crippen molar-refractivity contribution < 1.29 is 4.74 Å². The third-order valence-electron chi connectivity index (χ3n) is 5.19. The Bertz CT molecular complexity index is 277. The van der Waals surface area contributed by atoms with Gasteiger partial charge in [0, 0.05) is 32.2 Å². The molecule has 2 unspecified atom stereocenters. The Kier molecular flexibility index (Phi) is 3.10. The van der Waals surface area contributed by atoms with Gasteiger partial charge >= 0.3 is 0 Å². The molecule has 0 radical (unpaired) electrons. The molecule has 1 N–H and O–H groups in total. The van der Waals surface area contributed by atoms with Crippen molar-refractivity contribution in [1.82, 2.24) is 10.2 Å². The van der Waals surface area contributed by atoms with E-state index in [0.717, 1.165) is 17.9 Å². The lowest BCUT2D eigenvalue weighted by Gasteiger charge is -2.32. The van der Waals surface area contributed by atoms with Gasteiger partial charge in [0.2, 0.25) is 0 Å². The molecule has 2 heterocycles. The molecule has 4 aliphatic rings. The monoisotopic (exact) mass is 250 g/mol. The van der Waals surface area contributed by atoms with Crippen LogP contribution in [-0.2, 0) is 4.74 Å². The SMILES string of the molecule is C(CN1CC2CCC(C1)O2)NC(C1CC1)C1CC1. The smallest absolute Gasteiger partial charge is 0.0707 e. The molecule has 0 aromatic heterocycles. The van der Waals surface area contributed by atoms with E-state index < -0.39 is 0 Å². The first-order chi connectivity index (χ1) is 8.88. The minimum atomic E-state index is 0.548. The van der Waals surface area contributed by atoms with Crippen molar-refractivity contribution in [2.45, 2.75) is 56.8 Å². The molecular weight excluding hydrogens is 224 g/mol. The minimum Gasteiger partial charge on any atom is -0.372 e. The van der Waals surface area contributed by atoms with Gasteiger partial charge in [0.25, 0.3) is 0 Å². The van der Waals surface area contributed by atoms with Crippen molar-refractivity contribution in [3.63, 3.8) is 0 Å². The number of rotatable bonds is 6. The molecular formula is C15H26N2O. The van der Waals surface area contributed by atoms with Gasteiger partial charge in [0.1, 0.15) is 0 Å². The quantitative estimate of drug-likeness (QED) is 0.775. The summed E-state index contributed by atoms with van der Waals surface area (Å²) in [7, 11) is 0. The molecule has 3 nitrogen and oxygen atoms in total. The summed E-state index contributed by atoms with van der Waals surface area (Å²) in [5, 5.41) is 3.86. The van der Waals surface area contributed by atoms with E-state index in [2.05, 4.69) is 10.2 Å². The van der Waals surface area contributed by atoms with E-state index in [9.17, 15) is 0 Å². The molecule has 2 aliphatic heterocycles. The Labute approximate surface area is 110 Å². The zero-order valence-corrected chi connectivity index (χ0v) is 11.3. The molecule has 102 valence electrons. The standard InChI is InChI=1S/C15H26N2O/c1-2-11(1)15(12-3-4-12)16-7-8-17-9-13-5-6-14(10-17)18-13/h11-16H,1-10H2. The van der Waals surface area contributed by atoms with Gasteiger partial charge in [-0.2, -0.15) is 0 Å². The molecule has 18 heavy (non-hydrogen) atoms. The van der Waals surface area contributed by atoms with E-state index >= 15 is 0 Å². The predicted octanol–water partition coefficient (Wildman–Crippen LogP) is 1.63. The van der Waals surface area contributed by atoms with Crippen LogP contribution in [0.4, 0.5) is 0 Å². The summed E-state index contributed by atoms with van der Waals surface area (Å²) >= 11 is 0. The Morgan fingerprint density at radius 1 is 0.944 bits per heavy atom. The lowest BCUT2D eigenvalue weighted by Crippen LogP contribution is -2.46. The van der Waals surface area contributed by atoms with Crippen molar-refractivity contribution >= 4 is 0 Å². The van der Waals surface area contributed by atoms with Crippen molar-refractivity contribution in [3.8, 4) is 0 Å².